The second-order valence-electron chi connectivity index (χ2n) is 2.95. The van der Waals surface area contributed by atoms with Gasteiger partial charge in [-0.2, -0.15) is 0 Å². The fourth-order valence-corrected chi connectivity index (χ4v) is 1.20. The Morgan fingerprint density at radius 3 is 3.06 bits per heavy atom. The second kappa shape index (κ2) is 6.55. The van der Waals surface area contributed by atoms with Gasteiger partial charge in [0.15, 0.2) is 0 Å². The number of ether oxygens (including phenoxy) is 1. The van der Waals surface area contributed by atoms with Crippen molar-refractivity contribution in [2.45, 2.75) is 12.8 Å². The third-order valence-electron chi connectivity index (χ3n) is 1.90. The van der Waals surface area contributed by atoms with Crippen molar-refractivity contribution in [2.75, 3.05) is 13.7 Å². The molecule has 0 fully saturated rings. The molecule has 0 saturated carbocycles. The Morgan fingerprint density at radius 1 is 1.69 bits per heavy atom. The summed E-state index contributed by atoms with van der Waals surface area (Å²) in [5.74, 6) is -0.940. The Balaban J connectivity index is 2.87. The van der Waals surface area contributed by atoms with Crippen LogP contribution in [0.4, 0.5) is 0 Å². The van der Waals surface area contributed by atoms with E-state index >= 15 is 0 Å². The minimum Gasteiger partial charge on any atom is -0.465 e. The number of esters is 1. The standard InChI is InChI=1S/C11H14N2O3/c1-3-16-11(14)10(8-13-15-2)9-5-4-6-12-7-9/h4-8,10H,3H2,1-2H3/b13-8+. The highest BCUT2D eigenvalue weighted by molar-refractivity contribution is 5.95. The highest BCUT2D eigenvalue weighted by atomic mass is 16.6. The lowest BCUT2D eigenvalue weighted by Gasteiger charge is -2.10. The summed E-state index contributed by atoms with van der Waals surface area (Å²) in [7, 11) is 1.42. The molecular weight excluding hydrogens is 208 g/mol. The van der Waals surface area contributed by atoms with Crippen LogP contribution in [-0.4, -0.2) is 30.9 Å². The summed E-state index contributed by atoms with van der Waals surface area (Å²) in [6.07, 6.45) is 4.64. The van der Waals surface area contributed by atoms with Gasteiger partial charge in [0.1, 0.15) is 13.0 Å². The molecule has 5 nitrogen and oxygen atoms in total. The zero-order chi connectivity index (χ0) is 11.8. The van der Waals surface area contributed by atoms with E-state index in [2.05, 4.69) is 15.0 Å². The van der Waals surface area contributed by atoms with Gasteiger partial charge in [0.2, 0.25) is 0 Å². The molecule has 0 spiro atoms. The molecule has 1 aromatic rings. The number of hydrogen-bond donors (Lipinski definition) is 0. The van der Waals surface area contributed by atoms with Crippen molar-refractivity contribution in [3.63, 3.8) is 0 Å². The van der Waals surface area contributed by atoms with Crippen LogP contribution in [-0.2, 0) is 14.4 Å². The molecule has 0 aromatic carbocycles. The smallest absolute Gasteiger partial charge is 0.319 e. The fraction of sp³-hybridized carbons (Fsp3) is 0.364. The number of pyridine rings is 1. The second-order valence-corrected chi connectivity index (χ2v) is 2.95. The number of hydrogen-bond acceptors (Lipinski definition) is 5. The number of nitrogens with zero attached hydrogens (tertiary/aromatic N) is 2. The number of carbonyl (C=O) groups excluding carboxylic acids is 1. The van der Waals surface area contributed by atoms with E-state index in [-0.39, 0.29) is 5.97 Å². The number of oxime groups is 1. The van der Waals surface area contributed by atoms with Crippen LogP contribution in [0.5, 0.6) is 0 Å². The average Bonchev–Trinajstić information content (AvgIpc) is 2.31. The minimum absolute atomic E-state index is 0.330. The van der Waals surface area contributed by atoms with Crippen molar-refractivity contribution in [3.8, 4) is 0 Å². The zero-order valence-corrected chi connectivity index (χ0v) is 9.29. The van der Waals surface area contributed by atoms with Crippen LogP contribution in [0.1, 0.15) is 18.4 Å². The van der Waals surface area contributed by atoms with E-state index in [9.17, 15) is 4.79 Å². The van der Waals surface area contributed by atoms with Crippen LogP contribution in [0.2, 0.25) is 0 Å². The lowest BCUT2D eigenvalue weighted by atomic mass is 10.0. The fourth-order valence-electron chi connectivity index (χ4n) is 1.20. The van der Waals surface area contributed by atoms with Crippen LogP contribution >= 0.6 is 0 Å². The van der Waals surface area contributed by atoms with E-state index in [0.717, 1.165) is 5.56 Å². The maximum Gasteiger partial charge on any atom is 0.319 e. The molecule has 0 bridgehead atoms. The Hall–Kier alpha value is -1.91. The molecule has 1 aromatic heterocycles. The zero-order valence-electron chi connectivity index (χ0n) is 9.29. The molecule has 0 aliphatic carbocycles. The summed E-state index contributed by atoms with van der Waals surface area (Å²) in [5.41, 5.74) is 0.724. The predicted molar refractivity (Wildman–Crippen MR) is 59.1 cm³/mol. The maximum atomic E-state index is 11.7. The van der Waals surface area contributed by atoms with Gasteiger partial charge in [-0.05, 0) is 18.6 Å². The largest absolute Gasteiger partial charge is 0.465 e. The lowest BCUT2D eigenvalue weighted by Crippen LogP contribution is -2.17. The monoisotopic (exact) mass is 222 g/mol. The first-order chi connectivity index (χ1) is 7.79. The number of rotatable bonds is 5. The van der Waals surface area contributed by atoms with Gasteiger partial charge in [-0.1, -0.05) is 11.2 Å². The van der Waals surface area contributed by atoms with Crippen molar-refractivity contribution in [2.24, 2.45) is 5.16 Å². The summed E-state index contributed by atoms with van der Waals surface area (Å²) >= 11 is 0. The lowest BCUT2D eigenvalue weighted by molar-refractivity contribution is -0.143. The molecular formula is C11H14N2O3. The third-order valence-corrected chi connectivity index (χ3v) is 1.90. The van der Waals surface area contributed by atoms with Gasteiger partial charge in [-0.3, -0.25) is 9.78 Å². The van der Waals surface area contributed by atoms with Crippen molar-refractivity contribution in [3.05, 3.63) is 30.1 Å². The molecule has 0 radical (unpaired) electrons. The van der Waals surface area contributed by atoms with Gasteiger partial charge in [-0.25, -0.2) is 0 Å². The van der Waals surface area contributed by atoms with Gasteiger partial charge in [-0.15, -0.1) is 0 Å². The van der Waals surface area contributed by atoms with Crippen LogP contribution < -0.4 is 0 Å². The molecule has 1 heterocycles. The van der Waals surface area contributed by atoms with Gasteiger partial charge in [0, 0.05) is 12.4 Å². The third kappa shape index (κ3) is 3.34. The van der Waals surface area contributed by atoms with Crippen molar-refractivity contribution >= 4 is 12.2 Å². The van der Waals surface area contributed by atoms with Crippen LogP contribution in [0.15, 0.2) is 29.7 Å². The maximum absolute atomic E-state index is 11.7. The molecule has 1 rings (SSSR count). The summed E-state index contributed by atoms with van der Waals surface area (Å²) in [4.78, 5) is 20.2. The van der Waals surface area contributed by atoms with Crippen molar-refractivity contribution in [1.82, 2.24) is 4.98 Å². The Labute approximate surface area is 94.1 Å². The highest BCUT2D eigenvalue weighted by Gasteiger charge is 2.20. The summed E-state index contributed by atoms with van der Waals surface area (Å²) in [6, 6.07) is 3.54. The molecule has 5 heteroatoms. The van der Waals surface area contributed by atoms with E-state index in [1.807, 2.05) is 0 Å². The normalized spacial score (nSPS) is 12.4. The van der Waals surface area contributed by atoms with E-state index in [1.54, 1.807) is 31.5 Å². The van der Waals surface area contributed by atoms with Gasteiger partial charge in [0.05, 0.1) is 12.8 Å². The molecule has 1 atom stereocenters. The van der Waals surface area contributed by atoms with E-state index < -0.39 is 5.92 Å². The Morgan fingerprint density at radius 2 is 2.50 bits per heavy atom. The van der Waals surface area contributed by atoms with Gasteiger partial charge in [0.25, 0.3) is 0 Å². The van der Waals surface area contributed by atoms with E-state index in [0.29, 0.717) is 6.61 Å². The Bertz CT molecular complexity index is 352. The predicted octanol–water partition coefficient (Wildman–Crippen LogP) is 1.36. The highest BCUT2D eigenvalue weighted by Crippen LogP contribution is 2.14. The Kier molecular flexibility index (Phi) is 4.98. The summed E-state index contributed by atoms with van der Waals surface area (Å²) in [5, 5.41) is 3.60. The first-order valence-corrected chi connectivity index (χ1v) is 4.92. The SMILES string of the molecule is CCOC(=O)C(/C=N/OC)c1cccnc1. The van der Waals surface area contributed by atoms with Crippen LogP contribution in [0.3, 0.4) is 0 Å². The minimum atomic E-state index is -0.575. The number of carbonyl (C=O) groups is 1. The molecule has 0 aliphatic heterocycles. The topological polar surface area (TPSA) is 60.8 Å². The molecule has 0 N–H and O–H groups in total. The molecule has 0 aliphatic rings. The van der Waals surface area contributed by atoms with Crippen molar-refractivity contribution in [1.29, 1.82) is 0 Å². The van der Waals surface area contributed by atoms with E-state index in [4.69, 9.17) is 4.74 Å². The first-order valence-electron chi connectivity index (χ1n) is 4.92. The first kappa shape index (κ1) is 12.2. The van der Waals surface area contributed by atoms with Crippen LogP contribution in [0.25, 0.3) is 0 Å². The summed E-state index contributed by atoms with van der Waals surface area (Å²) < 4.78 is 4.94. The van der Waals surface area contributed by atoms with Crippen LogP contribution in [0, 0.1) is 0 Å². The van der Waals surface area contributed by atoms with Crippen molar-refractivity contribution < 1.29 is 14.4 Å². The summed E-state index contributed by atoms with van der Waals surface area (Å²) in [6.45, 7) is 2.09. The number of aromatic nitrogens is 1. The molecule has 1 unspecified atom stereocenters. The molecule has 16 heavy (non-hydrogen) atoms. The average molecular weight is 222 g/mol. The molecule has 86 valence electrons. The molecule has 0 amide bonds. The van der Waals surface area contributed by atoms with Gasteiger partial charge >= 0.3 is 5.97 Å². The van der Waals surface area contributed by atoms with E-state index in [1.165, 1.54) is 13.3 Å². The van der Waals surface area contributed by atoms with Gasteiger partial charge < -0.3 is 9.57 Å². The quantitative estimate of drug-likeness (QED) is 0.429. The molecule has 0 saturated heterocycles.